The lowest BCUT2D eigenvalue weighted by atomic mass is 10.2. The van der Waals surface area contributed by atoms with Crippen molar-refractivity contribution in [1.82, 2.24) is 20.2 Å². The summed E-state index contributed by atoms with van der Waals surface area (Å²) >= 11 is 7.04. The number of anilines is 1. The van der Waals surface area contributed by atoms with Gasteiger partial charge in [-0.3, -0.25) is 9.89 Å². The van der Waals surface area contributed by atoms with Crippen molar-refractivity contribution in [2.45, 2.75) is 36.3 Å². The van der Waals surface area contributed by atoms with Crippen molar-refractivity contribution >= 4 is 35.1 Å². The van der Waals surface area contributed by atoms with Gasteiger partial charge >= 0.3 is 0 Å². The number of ether oxygens (including phenoxy) is 1. The topological polar surface area (TPSA) is 92.8 Å². The molecular weight excluding hydrogens is 338 g/mol. The first-order chi connectivity index (χ1) is 11.1. The number of carbonyl (C=O) groups is 1. The lowest BCUT2D eigenvalue weighted by Crippen LogP contribution is -2.23. The van der Waals surface area contributed by atoms with Gasteiger partial charge in [-0.2, -0.15) is 0 Å². The Morgan fingerprint density at radius 2 is 2.43 bits per heavy atom. The second-order valence-corrected chi connectivity index (χ2v) is 6.86. The fourth-order valence-electron chi connectivity index (χ4n) is 2.14. The molecule has 1 aliphatic heterocycles. The highest BCUT2D eigenvalue weighted by Gasteiger charge is 2.23. The standard InChI is InChI=1S/C14H16ClN5O2S/c1-8(13(21)17-11-5-4-9(15)7-16-11)23-14-18-12(19-20-14)10-3-2-6-22-10/h4-5,7-8,10H,2-3,6H2,1H3,(H,16,17,21)(H,18,19,20)/t8-,10-/m1/s1. The second kappa shape index (κ2) is 7.29. The van der Waals surface area contributed by atoms with Gasteiger partial charge in [-0.05, 0) is 31.9 Å². The molecule has 0 saturated carbocycles. The van der Waals surface area contributed by atoms with Gasteiger partial charge in [-0.15, -0.1) is 5.10 Å². The van der Waals surface area contributed by atoms with Crippen LogP contribution >= 0.6 is 23.4 Å². The van der Waals surface area contributed by atoms with Crippen LogP contribution in [0.2, 0.25) is 5.02 Å². The second-order valence-electron chi connectivity index (χ2n) is 5.12. The highest BCUT2D eigenvalue weighted by atomic mass is 35.5. The molecule has 2 atom stereocenters. The average molecular weight is 354 g/mol. The molecule has 0 bridgehead atoms. The van der Waals surface area contributed by atoms with Crippen molar-refractivity contribution < 1.29 is 9.53 Å². The largest absolute Gasteiger partial charge is 0.370 e. The van der Waals surface area contributed by atoms with Crippen LogP contribution in [0.4, 0.5) is 5.82 Å². The number of aromatic nitrogens is 4. The van der Waals surface area contributed by atoms with E-state index in [9.17, 15) is 4.79 Å². The Morgan fingerprint density at radius 1 is 1.57 bits per heavy atom. The quantitative estimate of drug-likeness (QED) is 0.803. The Balaban J connectivity index is 1.56. The van der Waals surface area contributed by atoms with Crippen LogP contribution in [0, 0.1) is 0 Å². The van der Waals surface area contributed by atoms with Crippen molar-refractivity contribution in [3.63, 3.8) is 0 Å². The van der Waals surface area contributed by atoms with Gasteiger partial charge in [-0.25, -0.2) is 9.97 Å². The minimum absolute atomic E-state index is 0.0146. The van der Waals surface area contributed by atoms with E-state index in [1.807, 2.05) is 0 Å². The number of H-pyrrole nitrogens is 1. The molecule has 0 radical (unpaired) electrons. The number of carbonyl (C=O) groups excluding carboxylic acids is 1. The number of rotatable bonds is 5. The summed E-state index contributed by atoms with van der Waals surface area (Å²) in [6, 6.07) is 3.32. The molecule has 0 unspecified atom stereocenters. The van der Waals surface area contributed by atoms with Gasteiger partial charge in [0, 0.05) is 12.8 Å². The molecule has 1 saturated heterocycles. The number of pyridine rings is 1. The molecule has 9 heteroatoms. The Bertz CT molecular complexity index is 672. The van der Waals surface area contributed by atoms with Crippen molar-refractivity contribution in [3.05, 3.63) is 29.2 Å². The van der Waals surface area contributed by atoms with Gasteiger partial charge < -0.3 is 10.1 Å². The van der Waals surface area contributed by atoms with Crippen LogP contribution < -0.4 is 5.32 Å². The predicted molar refractivity (Wildman–Crippen MR) is 87.5 cm³/mol. The lowest BCUT2D eigenvalue weighted by molar-refractivity contribution is -0.115. The molecule has 2 N–H and O–H groups in total. The van der Waals surface area contributed by atoms with E-state index in [0.29, 0.717) is 16.0 Å². The number of hydrogen-bond acceptors (Lipinski definition) is 6. The van der Waals surface area contributed by atoms with Gasteiger partial charge in [-0.1, -0.05) is 23.4 Å². The van der Waals surface area contributed by atoms with Crippen molar-refractivity contribution in [2.24, 2.45) is 0 Å². The molecule has 1 amide bonds. The first-order valence-corrected chi connectivity index (χ1v) is 8.50. The van der Waals surface area contributed by atoms with Gasteiger partial charge in [0.1, 0.15) is 11.9 Å². The number of thioether (sulfide) groups is 1. The fourth-order valence-corrected chi connectivity index (χ4v) is 2.98. The van der Waals surface area contributed by atoms with E-state index in [-0.39, 0.29) is 17.3 Å². The minimum atomic E-state index is -0.361. The highest BCUT2D eigenvalue weighted by molar-refractivity contribution is 8.00. The smallest absolute Gasteiger partial charge is 0.238 e. The number of hydrogen-bond donors (Lipinski definition) is 2. The van der Waals surface area contributed by atoms with Crippen LogP contribution in [0.15, 0.2) is 23.5 Å². The van der Waals surface area contributed by atoms with Crippen LogP contribution in [0.5, 0.6) is 0 Å². The molecule has 2 aromatic heterocycles. The Morgan fingerprint density at radius 3 is 3.13 bits per heavy atom. The SMILES string of the molecule is C[C@@H](Sc1n[nH]c([C@H]2CCCO2)n1)C(=O)Nc1ccc(Cl)cn1. The summed E-state index contributed by atoms with van der Waals surface area (Å²) in [6.07, 6.45) is 3.44. The fraction of sp³-hybridized carbons (Fsp3) is 0.429. The summed E-state index contributed by atoms with van der Waals surface area (Å²) in [7, 11) is 0. The maximum Gasteiger partial charge on any atom is 0.238 e. The van der Waals surface area contributed by atoms with E-state index in [2.05, 4.69) is 25.5 Å². The lowest BCUT2D eigenvalue weighted by Gasteiger charge is -2.09. The third kappa shape index (κ3) is 4.21. The molecule has 3 rings (SSSR count). The van der Waals surface area contributed by atoms with E-state index in [0.717, 1.165) is 25.3 Å². The first-order valence-electron chi connectivity index (χ1n) is 7.25. The van der Waals surface area contributed by atoms with Gasteiger partial charge in [0.15, 0.2) is 5.82 Å². The van der Waals surface area contributed by atoms with E-state index in [4.69, 9.17) is 16.3 Å². The molecule has 2 aromatic rings. The third-order valence-corrected chi connectivity index (χ3v) is 4.53. The van der Waals surface area contributed by atoms with Crippen LogP contribution in [0.25, 0.3) is 0 Å². The number of amides is 1. The molecule has 7 nitrogen and oxygen atoms in total. The highest BCUT2D eigenvalue weighted by Crippen LogP contribution is 2.28. The van der Waals surface area contributed by atoms with Crippen LogP contribution in [-0.2, 0) is 9.53 Å². The van der Waals surface area contributed by atoms with E-state index < -0.39 is 0 Å². The van der Waals surface area contributed by atoms with Gasteiger partial charge in [0.25, 0.3) is 0 Å². The summed E-state index contributed by atoms with van der Waals surface area (Å²) in [5.74, 6) is 1.01. The van der Waals surface area contributed by atoms with Crippen molar-refractivity contribution in [2.75, 3.05) is 11.9 Å². The summed E-state index contributed by atoms with van der Waals surface area (Å²) in [6.45, 7) is 2.54. The van der Waals surface area contributed by atoms with Gasteiger partial charge in [0.2, 0.25) is 11.1 Å². The molecule has 0 aromatic carbocycles. The third-order valence-electron chi connectivity index (χ3n) is 3.35. The number of aromatic amines is 1. The Hall–Kier alpha value is -1.64. The van der Waals surface area contributed by atoms with E-state index >= 15 is 0 Å². The Labute approximate surface area is 142 Å². The summed E-state index contributed by atoms with van der Waals surface area (Å²) in [4.78, 5) is 20.6. The molecule has 0 aliphatic carbocycles. The summed E-state index contributed by atoms with van der Waals surface area (Å²) in [5, 5.41) is 10.4. The van der Waals surface area contributed by atoms with Crippen molar-refractivity contribution in [3.8, 4) is 0 Å². The summed E-state index contributed by atoms with van der Waals surface area (Å²) in [5.41, 5.74) is 0. The predicted octanol–water partition coefficient (Wildman–Crippen LogP) is 2.82. The van der Waals surface area contributed by atoms with Crippen LogP contribution in [-0.4, -0.2) is 37.9 Å². The normalized spacial score (nSPS) is 18.8. The Kier molecular flexibility index (Phi) is 5.14. The zero-order valence-corrected chi connectivity index (χ0v) is 14.0. The zero-order chi connectivity index (χ0) is 16.2. The zero-order valence-electron chi connectivity index (χ0n) is 12.5. The number of nitrogens with zero attached hydrogens (tertiary/aromatic N) is 3. The molecule has 3 heterocycles. The molecule has 0 spiro atoms. The molecule has 1 fully saturated rings. The molecule has 23 heavy (non-hydrogen) atoms. The number of nitrogens with one attached hydrogen (secondary N) is 2. The van der Waals surface area contributed by atoms with Gasteiger partial charge in [0.05, 0.1) is 10.3 Å². The number of halogens is 1. The maximum absolute atomic E-state index is 12.2. The molecular formula is C14H16ClN5O2S. The monoisotopic (exact) mass is 353 g/mol. The minimum Gasteiger partial charge on any atom is -0.370 e. The maximum atomic E-state index is 12.2. The van der Waals surface area contributed by atoms with E-state index in [1.165, 1.54) is 18.0 Å². The first kappa shape index (κ1) is 16.2. The van der Waals surface area contributed by atoms with Crippen LogP contribution in [0.3, 0.4) is 0 Å². The van der Waals surface area contributed by atoms with E-state index in [1.54, 1.807) is 19.1 Å². The molecule has 122 valence electrons. The summed E-state index contributed by atoms with van der Waals surface area (Å²) < 4.78 is 5.55. The average Bonchev–Trinajstić information content (AvgIpc) is 3.20. The van der Waals surface area contributed by atoms with Crippen LogP contribution in [0.1, 0.15) is 31.7 Å². The molecule has 1 aliphatic rings. The van der Waals surface area contributed by atoms with Crippen molar-refractivity contribution in [1.29, 1.82) is 0 Å².